The molecule has 0 spiro atoms. The van der Waals surface area contributed by atoms with Gasteiger partial charge in [0.05, 0.1) is 17.9 Å². The van der Waals surface area contributed by atoms with Gasteiger partial charge >= 0.3 is 0 Å². The van der Waals surface area contributed by atoms with Gasteiger partial charge in [0.15, 0.2) is 0 Å². The monoisotopic (exact) mass is 328 g/mol. The fourth-order valence-corrected chi connectivity index (χ4v) is 3.99. The van der Waals surface area contributed by atoms with Crippen molar-refractivity contribution in [1.82, 2.24) is 0 Å². The molecule has 0 radical (unpaired) electrons. The number of benzene rings is 2. The molecule has 0 saturated carbocycles. The van der Waals surface area contributed by atoms with E-state index in [-0.39, 0.29) is 0 Å². The fraction of sp³-hybridized carbons (Fsp3) is 0.0625. The number of thiocyanates is 1. The van der Waals surface area contributed by atoms with Crippen LogP contribution in [0.1, 0.15) is 0 Å². The van der Waals surface area contributed by atoms with Crippen LogP contribution >= 0.6 is 35.1 Å². The standard InChI is InChI=1S/C16H9ClN2S2/c1-2-7-19-13-5-4-12(20-10-18)9-16(13)21-15-6-3-11(17)8-14(15)19/h1,3-6,8-9H,7H2. The molecule has 0 amide bonds. The Hall–Kier alpha value is -1.72. The number of rotatable bonds is 2. The van der Waals surface area contributed by atoms with Crippen LogP contribution in [-0.2, 0) is 0 Å². The maximum absolute atomic E-state index is 8.80. The zero-order valence-electron chi connectivity index (χ0n) is 10.8. The summed E-state index contributed by atoms with van der Waals surface area (Å²) < 4.78 is 0. The van der Waals surface area contributed by atoms with Gasteiger partial charge in [-0.2, -0.15) is 5.26 Å². The number of hydrogen-bond acceptors (Lipinski definition) is 4. The number of hydrogen-bond donors (Lipinski definition) is 0. The smallest absolute Gasteiger partial charge is 0.138 e. The lowest BCUT2D eigenvalue weighted by Gasteiger charge is -2.31. The van der Waals surface area contributed by atoms with Crippen molar-refractivity contribution in [1.29, 1.82) is 5.26 Å². The van der Waals surface area contributed by atoms with Gasteiger partial charge in [-0.1, -0.05) is 29.3 Å². The summed E-state index contributed by atoms with van der Waals surface area (Å²) in [7, 11) is 0. The second kappa shape index (κ2) is 5.95. The number of nitrogens with zero attached hydrogens (tertiary/aromatic N) is 2. The van der Waals surface area contributed by atoms with E-state index in [0.29, 0.717) is 11.6 Å². The molecule has 2 aromatic carbocycles. The average molecular weight is 329 g/mol. The van der Waals surface area contributed by atoms with Gasteiger partial charge in [-0.25, -0.2) is 0 Å². The number of nitriles is 1. The number of anilines is 2. The highest BCUT2D eigenvalue weighted by Crippen LogP contribution is 2.49. The van der Waals surface area contributed by atoms with Gasteiger partial charge in [-0.3, -0.25) is 0 Å². The van der Waals surface area contributed by atoms with E-state index in [9.17, 15) is 0 Å². The van der Waals surface area contributed by atoms with Gasteiger partial charge in [0, 0.05) is 19.7 Å². The molecule has 3 rings (SSSR count). The Balaban J connectivity index is 2.12. The van der Waals surface area contributed by atoms with Crippen LogP contribution in [-0.4, -0.2) is 6.54 Å². The van der Waals surface area contributed by atoms with Gasteiger partial charge in [-0.05, 0) is 48.2 Å². The van der Waals surface area contributed by atoms with E-state index in [1.165, 1.54) is 0 Å². The number of halogens is 1. The maximum Gasteiger partial charge on any atom is 0.138 e. The highest BCUT2D eigenvalue weighted by atomic mass is 35.5. The van der Waals surface area contributed by atoms with Gasteiger partial charge in [0.2, 0.25) is 0 Å². The molecule has 0 saturated heterocycles. The molecule has 2 nitrogen and oxygen atoms in total. The lowest BCUT2D eigenvalue weighted by atomic mass is 10.2. The average Bonchev–Trinajstić information content (AvgIpc) is 2.48. The van der Waals surface area contributed by atoms with E-state index < -0.39 is 0 Å². The van der Waals surface area contributed by atoms with Gasteiger partial charge in [-0.15, -0.1) is 6.42 Å². The highest BCUT2D eigenvalue weighted by Gasteiger charge is 2.23. The molecule has 5 heteroatoms. The predicted octanol–water partition coefficient (Wildman–Crippen LogP) is 5.15. The van der Waals surface area contributed by atoms with E-state index in [4.69, 9.17) is 23.3 Å². The van der Waals surface area contributed by atoms with Crippen molar-refractivity contribution in [3.63, 3.8) is 0 Å². The summed E-state index contributed by atoms with van der Waals surface area (Å²) in [6.07, 6.45) is 5.51. The molecular weight excluding hydrogens is 320 g/mol. The minimum atomic E-state index is 0.478. The van der Waals surface area contributed by atoms with Gasteiger partial charge in [0.25, 0.3) is 0 Å². The predicted molar refractivity (Wildman–Crippen MR) is 89.3 cm³/mol. The Morgan fingerprint density at radius 1 is 1.19 bits per heavy atom. The minimum absolute atomic E-state index is 0.478. The van der Waals surface area contributed by atoms with E-state index in [0.717, 1.165) is 37.8 Å². The number of fused-ring (bicyclic) bond motifs is 2. The van der Waals surface area contributed by atoms with E-state index in [1.54, 1.807) is 11.8 Å². The first-order valence-corrected chi connectivity index (χ1v) is 8.12. The van der Waals surface area contributed by atoms with Crippen molar-refractivity contribution in [3.8, 4) is 17.7 Å². The molecule has 1 heterocycles. The molecular formula is C16H9ClN2S2. The lowest BCUT2D eigenvalue weighted by molar-refractivity contribution is 1.04. The molecule has 0 aromatic heterocycles. The molecule has 1 aliphatic heterocycles. The third-order valence-electron chi connectivity index (χ3n) is 3.07. The zero-order chi connectivity index (χ0) is 14.8. The fourth-order valence-electron chi connectivity index (χ4n) is 2.21. The van der Waals surface area contributed by atoms with Crippen molar-refractivity contribution < 1.29 is 0 Å². The summed E-state index contributed by atoms with van der Waals surface area (Å²) in [6, 6.07) is 11.8. The molecule has 2 aromatic rings. The summed E-state index contributed by atoms with van der Waals surface area (Å²) >= 11 is 8.94. The summed E-state index contributed by atoms with van der Waals surface area (Å²) in [5.41, 5.74) is 2.08. The number of thioether (sulfide) groups is 1. The Labute approximate surface area is 137 Å². The molecule has 0 bridgehead atoms. The summed E-state index contributed by atoms with van der Waals surface area (Å²) in [4.78, 5) is 5.22. The Kier molecular flexibility index (Phi) is 4.03. The van der Waals surface area contributed by atoms with Crippen LogP contribution in [0, 0.1) is 23.0 Å². The van der Waals surface area contributed by atoms with Crippen LogP contribution in [0.15, 0.2) is 51.1 Å². The van der Waals surface area contributed by atoms with Crippen LogP contribution in [0.25, 0.3) is 0 Å². The van der Waals surface area contributed by atoms with Crippen LogP contribution < -0.4 is 4.90 Å². The quantitative estimate of drug-likeness (QED) is 0.433. The molecule has 0 aliphatic carbocycles. The Morgan fingerprint density at radius 2 is 2.05 bits per heavy atom. The van der Waals surface area contributed by atoms with Crippen molar-refractivity contribution in [2.45, 2.75) is 14.7 Å². The molecule has 0 atom stereocenters. The first-order valence-electron chi connectivity index (χ1n) is 6.11. The normalized spacial score (nSPS) is 12.0. The van der Waals surface area contributed by atoms with Crippen molar-refractivity contribution >= 4 is 46.5 Å². The highest BCUT2D eigenvalue weighted by molar-refractivity contribution is 8.03. The first-order chi connectivity index (χ1) is 10.2. The topological polar surface area (TPSA) is 27.0 Å². The SMILES string of the molecule is C#CCN1c2ccc(SC#N)cc2Sc2ccc(Cl)cc21. The van der Waals surface area contributed by atoms with E-state index in [1.807, 2.05) is 36.4 Å². The van der Waals surface area contributed by atoms with Crippen molar-refractivity contribution in [2.24, 2.45) is 0 Å². The molecule has 21 heavy (non-hydrogen) atoms. The maximum atomic E-state index is 8.80. The zero-order valence-corrected chi connectivity index (χ0v) is 13.2. The van der Waals surface area contributed by atoms with Crippen LogP contribution in [0.5, 0.6) is 0 Å². The molecule has 0 unspecified atom stereocenters. The summed E-state index contributed by atoms with van der Waals surface area (Å²) in [5, 5.41) is 11.6. The van der Waals surface area contributed by atoms with Crippen molar-refractivity contribution in [3.05, 3.63) is 41.4 Å². The van der Waals surface area contributed by atoms with Crippen molar-refractivity contribution in [2.75, 3.05) is 11.4 Å². The third-order valence-corrected chi connectivity index (χ3v) is 4.99. The number of terminal acetylenes is 1. The van der Waals surface area contributed by atoms with Gasteiger partial charge in [0.1, 0.15) is 5.40 Å². The van der Waals surface area contributed by atoms with Gasteiger partial charge < -0.3 is 4.90 Å². The van der Waals surface area contributed by atoms with E-state index in [2.05, 4.69) is 16.2 Å². The first kappa shape index (κ1) is 14.2. The van der Waals surface area contributed by atoms with Crippen LogP contribution in [0.2, 0.25) is 5.02 Å². The summed E-state index contributed by atoms with van der Waals surface area (Å²) in [5.74, 6) is 2.69. The van der Waals surface area contributed by atoms with Crippen LogP contribution in [0.4, 0.5) is 11.4 Å². The largest absolute Gasteiger partial charge is 0.328 e. The Morgan fingerprint density at radius 3 is 2.81 bits per heavy atom. The minimum Gasteiger partial charge on any atom is -0.328 e. The Bertz CT molecular complexity index is 790. The molecule has 0 fully saturated rings. The molecule has 0 N–H and O–H groups in total. The molecule has 102 valence electrons. The second-order valence-corrected chi connectivity index (χ2v) is 6.71. The second-order valence-electron chi connectivity index (χ2n) is 4.33. The summed E-state index contributed by atoms with van der Waals surface area (Å²) in [6.45, 7) is 0.478. The van der Waals surface area contributed by atoms with Crippen LogP contribution in [0.3, 0.4) is 0 Å². The lowest BCUT2D eigenvalue weighted by Crippen LogP contribution is -2.20. The van der Waals surface area contributed by atoms with E-state index >= 15 is 0 Å². The third kappa shape index (κ3) is 2.71. The molecule has 1 aliphatic rings.